The molecule has 1 unspecified atom stereocenters. The Morgan fingerprint density at radius 2 is 2.19 bits per heavy atom. The molecule has 3 heteroatoms. The minimum absolute atomic E-state index is 0.483. The number of hydrogen-bond acceptors (Lipinski definition) is 2. The second kappa shape index (κ2) is 6.89. The maximum Gasteiger partial charge on any atom is 0.140 e. The van der Waals surface area contributed by atoms with E-state index in [9.17, 15) is 0 Å². The number of halogens is 1. The average Bonchev–Trinajstić information content (AvgIpc) is 2.25. The molecule has 0 aliphatic heterocycles. The standard InChI is InChI=1S/C13H21BrN2/c1-4-5-6-7-11(3)16-13-12(14)10(2)8-9-15-13/h8-9,11H,4-7H2,1-3H3,(H,15,16). The van der Waals surface area contributed by atoms with Crippen LogP contribution in [0, 0.1) is 6.92 Å². The highest BCUT2D eigenvalue weighted by Gasteiger charge is 2.07. The SMILES string of the molecule is CCCCCC(C)Nc1nccc(C)c1Br. The van der Waals surface area contributed by atoms with Crippen LogP contribution in [0.15, 0.2) is 16.7 Å². The topological polar surface area (TPSA) is 24.9 Å². The number of anilines is 1. The fourth-order valence-electron chi connectivity index (χ4n) is 1.65. The molecule has 0 saturated heterocycles. The van der Waals surface area contributed by atoms with Crippen molar-refractivity contribution < 1.29 is 0 Å². The van der Waals surface area contributed by atoms with Gasteiger partial charge in [0.15, 0.2) is 0 Å². The molecule has 0 aliphatic rings. The predicted molar refractivity (Wildman–Crippen MR) is 73.9 cm³/mol. The second-order valence-corrected chi connectivity index (χ2v) is 5.12. The van der Waals surface area contributed by atoms with E-state index < -0.39 is 0 Å². The van der Waals surface area contributed by atoms with Crippen LogP contribution in [0.1, 0.15) is 45.1 Å². The van der Waals surface area contributed by atoms with E-state index in [1.54, 1.807) is 0 Å². The molecule has 90 valence electrons. The Morgan fingerprint density at radius 3 is 2.88 bits per heavy atom. The largest absolute Gasteiger partial charge is 0.367 e. The third-order valence-corrected chi connectivity index (χ3v) is 3.71. The summed E-state index contributed by atoms with van der Waals surface area (Å²) >= 11 is 3.57. The molecule has 1 rings (SSSR count). The van der Waals surface area contributed by atoms with Crippen molar-refractivity contribution in [2.45, 2.75) is 52.5 Å². The lowest BCUT2D eigenvalue weighted by Crippen LogP contribution is -2.16. The first-order valence-electron chi connectivity index (χ1n) is 6.02. The van der Waals surface area contributed by atoms with E-state index in [0.717, 1.165) is 10.3 Å². The number of rotatable bonds is 6. The van der Waals surface area contributed by atoms with Gasteiger partial charge in [0.05, 0.1) is 4.47 Å². The highest BCUT2D eigenvalue weighted by molar-refractivity contribution is 9.10. The predicted octanol–water partition coefficient (Wildman–Crippen LogP) is 4.53. The van der Waals surface area contributed by atoms with Crippen molar-refractivity contribution in [2.24, 2.45) is 0 Å². The number of aryl methyl sites for hydroxylation is 1. The van der Waals surface area contributed by atoms with Crippen molar-refractivity contribution in [3.8, 4) is 0 Å². The van der Waals surface area contributed by atoms with Gasteiger partial charge in [0.1, 0.15) is 5.82 Å². The summed E-state index contributed by atoms with van der Waals surface area (Å²) in [6.07, 6.45) is 6.93. The first-order chi connectivity index (χ1) is 7.65. The van der Waals surface area contributed by atoms with E-state index in [4.69, 9.17) is 0 Å². The zero-order valence-electron chi connectivity index (χ0n) is 10.4. The van der Waals surface area contributed by atoms with E-state index in [1.165, 1.54) is 31.2 Å². The van der Waals surface area contributed by atoms with Gasteiger partial charge in [-0.3, -0.25) is 0 Å². The highest BCUT2D eigenvalue weighted by Crippen LogP contribution is 2.24. The maximum atomic E-state index is 4.35. The van der Waals surface area contributed by atoms with Crippen molar-refractivity contribution in [3.63, 3.8) is 0 Å². The van der Waals surface area contributed by atoms with Crippen LogP contribution in [-0.2, 0) is 0 Å². The molecule has 0 amide bonds. The van der Waals surface area contributed by atoms with E-state index in [2.05, 4.69) is 47.0 Å². The van der Waals surface area contributed by atoms with Gasteiger partial charge >= 0.3 is 0 Å². The van der Waals surface area contributed by atoms with Gasteiger partial charge in [-0.15, -0.1) is 0 Å². The van der Waals surface area contributed by atoms with Gasteiger partial charge in [-0.05, 0) is 47.8 Å². The van der Waals surface area contributed by atoms with Gasteiger partial charge in [0.2, 0.25) is 0 Å². The van der Waals surface area contributed by atoms with Crippen LogP contribution in [0.4, 0.5) is 5.82 Å². The maximum absolute atomic E-state index is 4.35. The Balaban J connectivity index is 2.49. The van der Waals surface area contributed by atoms with E-state index in [1.807, 2.05) is 12.3 Å². The van der Waals surface area contributed by atoms with Gasteiger partial charge in [-0.2, -0.15) is 0 Å². The summed E-state index contributed by atoms with van der Waals surface area (Å²) in [4.78, 5) is 4.35. The molecule has 0 aromatic carbocycles. The summed E-state index contributed by atoms with van der Waals surface area (Å²) in [5.74, 6) is 0.962. The summed E-state index contributed by atoms with van der Waals surface area (Å²) in [5, 5.41) is 3.45. The Morgan fingerprint density at radius 1 is 1.44 bits per heavy atom. The molecule has 1 aromatic heterocycles. The number of nitrogens with zero attached hydrogens (tertiary/aromatic N) is 1. The van der Waals surface area contributed by atoms with Crippen molar-refractivity contribution in [2.75, 3.05) is 5.32 Å². The van der Waals surface area contributed by atoms with Gasteiger partial charge in [0, 0.05) is 12.2 Å². The molecular weight excluding hydrogens is 264 g/mol. The smallest absolute Gasteiger partial charge is 0.140 e. The number of unbranched alkanes of at least 4 members (excludes halogenated alkanes) is 2. The lowest BCUT2D eigenvalue weighted by molar-refractivity contribution is 0.613. The number of pyridine rings is 1. The summed E-state index contributed by atoms with van der Waals surface area (Å²) in [6, 6.07) is 2.49. The molecule has 1 heterocycles. The molecule has 0 saturated carbocycles. The van der Waals surface area contributed by atoms with Gasteiger partial charge in [0.25, 0.3) is 0 Å². The minimum atomic E-state index is 0.483. The molecule has 1 aromatic rings. The monoisotopic (exact) mass is 284 g/mol. The number of hydrogen-bond donors (Lipinski definition) is 1. The third-order valence-electron chi connectivity index (χ3n) is 2.71. The number of nitrogens with one attached hydrogen (secondary N) is 1. The van der Waals surface area contributed by atoms with Crippen LogP contribution < -0.4 is 5.32 Å². The average molecular weight is 285 g/mol. The van der Waals surface area contributed by atoms with Crippen LogP contribution in [0.5, 0.6) is 0 Å². The first-order valence-corrected chi connectivity index (χ1v) is 6.82. The zero-order chi connectivity index (χ0) is 12.0. The summed E-state index contributed by atoms with van der Waals surface area (Å²) in [6.45, 7) is 6.53. The van der Waals surface area contributed by atoms with Gasteiger partial charge < -0.3 is 5.32 Å². The van der Waals surface area contributed by atoms with Crippen LogP contribution >= 0.6 is 15.9 Å². The lowest BCUT2D eigenvalue weighted by Gasteiger charge is -2.16. The first kappa shape index (κ1) is 13.5. The molecular formula is C13H21BrN2. The molecule has 0 spiro atoms. The molecule has 0 bridgehead atoms. The van der Waals surface area contributed by atoms with E-state index in [0.29, 0.717) is 6.04 Å². The Hall–Kier alpha value is -0.570. The van der Waals surface area contributed by atoms with Crippen LogP contribution in [0.25, 0.3) is 0 Å². The Bertz CT molecular complexity index is 326. The highest BCUT2D eigenvalue weighted by atomic mass is 79.9. The molecule has 2 nitrogen and oxygen atoms in total. The normalized spacial score (nSPS) is 12.5. The molecule has 1 N–H and O–H groups in total. The number of aromatic nitrogens is 1. The lowest BCUT2D eigenvalue weighted by atomic mass is 10.1. The Kier molecular flexibility index (Phi) is 5.81. The van der Waals surface area contributed by atoms with Crippen LogP contribution in [-0.4, -0.2) is 11.0 Å². The van der Waals surface area contributed by atoms with Crippen molar-refractivity contribution in [3.05, 3.63) is 22.3 Å². The fourth-order valence-corrected chi connectivity index (χ4v) is 2.00. The molecule has 0 aliphatic carbocycles. The van der Waals surface area contributed by atoms with E-state index >= 15 is 0 Å². The molecule has 1 atom stereocenters. The molecule has 0 radical (unpaired) electrons. The van der Waals surface area contributed by atoms with Crippen molar-refractivity contribution in [1.82, 2.24) is 4.98 Å². The molecule has 16 heavy (non-hydrogen) atoms. The van der Waals surface area contributed by atoms with Crippen molar-refractivity contribution >= 4 is 21.7 Å². The van der Waals surface area contributed by atoms with Crippen LogP contribution in [0.2, 0.25) is 0 Å². The third kappa shape index (κ3) is 4.12. The fraction of sp³-hybridized carbons (Fsp3) is 0.615. The summed E-state index contributed by atoms with van der Waals surface area (Å²) in [7, 11) is 0. The van der Waals surface area contributed by atoms with E-state index in [-0.39, 0.29) is 0 Å². The summed E-state index contributed by atoms with van der Waals surface area (Å²) in [5.41, 5.74) is 1.22. The quantitative estimate of drug-likeness (QED) is 0.776. The minimum Gasteiger partial charge on any atom is -0.367 e. The zero-order valence-corrected chi connectivity index (χ0v) is 12.0. The molecule has 0 fully saturated rings. The second-order valence-electron chi connectivity index (χ2n) is 4.33. The Labute approximate surface area is 107 Å². The van der Waals surface area contributed by atoms with Crippen LogP contribution in [0.3, 0.4) is 0 Å². The van der Waals surface area contributed by atoms with Gasteiger partial charge in [-0.25, -0.2) is 4.98 Å². The van der Waals surface area contributed by atoms with Gasteiger partial charge in [-0.1, -0.05) is 26.2 Å². The van der Waals surface area contributed by atoms with Crippen molar-refractivity contribution in [1.29, 1.82) is 0 Å². The summed E-state index contributed by atoms with van der Waals surface area (Å²) < 4.78 is 1.08.